The van der Waals surface area contributed by atoms with Crippen LogP contribution < -0.4 is 0 Å². The molecule has 0 aliphatic heterocycles. The van der Waals surface area contributed by atoms with Crippen molar-refractivity contribution in [1.82, 2.24) is 0 Å². The first-order valence-corrected chi connectivity index (χ1v) is 4.19. The first kappa shape index (κ1) is 10.3. The topological polar surface area (TPSA) is 43.4 Å². The lowest BCUT2D eigenvalue weighted by molar-refractivity contribution is -0.134. The monoisotopic (exact) mass is 220 g/mol. The molecular weight excluding hydrogens is 215 g/mol. The molecule has 3 nitrogen and oxygen atoms in total. The van der Waals surface area contributed by atoms with Crippen molar-refractivity contribution in [3.05, 3.63) is 21.7 Å². The van der Waals surface area contributed by atoms with Crippen molar-refractivity contribution in [1.29, 1.82) is 0 Å². The number of carbonyl (C=O) groups is 2. The van der Waals surface area contributed by atoms with Gasteiger partial charge in [-0.25, -0.2) is 4.79 Å². The van der Waals surface area contributed by atoms with Gasteiger partial charge in [-0.05, 0) is 5.57 Å². The zero-order valence-electron chi connectivity index (χ0n) is 6.77. The highest BCUT2D eigenvalue weighted by Gasteiger charge is 2.25. The highest BCUT2D eigenvalue weighted by atomic mass is 35.5. The Morgan fingerprint density at radius 2 is 2.08 bits per heavy atom. The zero-order valence-corrected chi connectivity index (χ0v) is 8.28. The number of hydrogen-bond acceptors (Lipinski definition) is 3. The van der Waals surface area contributed by atoms with Crippen molar-refractivity contribution in [2.75, 3.05) is 7.11 Å². The molecule has 0 bridgehead atoms. The van der Waals surface area contributed by atoms with Crippen LogP contribution in [0.4, 0.5) is 0 Å². The van der Waals surface area contributed by atoms with Gasteiger partial charge in [-0.1, -0.05) is 23.2 Å². The minimum Gasteiger partial charge on any atom is -0.466 e. The van der Waals surface area contributed by atoms with E-state index < -0.39 is 5.97 Å². The maximum atomic E-state index is 11.0. The van der Waals surface area contributed by atoms with Crippen LogP contribution in [0.25, 0.3) is 0 Å². The number of ether oxygens (including phenoxy) is 1. The fourth-order valence-corrected chi connectivity index (χ4v) is 1.32. The summed E-state index contributed by atoms with van der Waals surface area (Å²) in [5, 5.41) is 0.119. The van der Waals surface area contributed by atoms with Gasteiger partial charge in [0, 0.05) is 12.5 Å². The molecule has 0 radical (unpaired) electrons. The minimum atomic E-state index is -0.549. The lowest BCUT2D eigenvalue weighted by Gasteiger charge is -1.94. The molecule has 0 aromatic heterocycles. The standard InChI is InChI=1S/C8H6Cl2O3/c1-13-6(12)3-4-2-5(11)8(10)7(4)9/h3H,2H2,1H3/b4-3+. The lowest BCUT2D eigenvalue weighted by Crippen LogP contribution is -1.97. The third kappa shape index (κ3) is 2.11. The molecule has 70 valence electrons. The van der Waals surface area contributed by atoms with Crippen molar-refractivity contribution < 1.29 is 14.3 Å². The van der Waals surface area contributed by atoms with Crippen LogP contribution in [0.1, 0.15) is 6.42 Å². The van der Waals surface area contributed by atoms with Crippen LogP contribution in [0.3, 0.4) is 0 Å². The van der Waals surface area contributed by atoms with E-state index in [9.17, 15) is 9.59 Å². The predicted molar refractivity (Wildman–Crippen MR) is 48.5 cm³/mol. The largest absolute Gasteiger partial charge is 0.466 e. The summed E-state index contributed by atoms with van der Waals surface area (Å²) in [5.74, 6) is -0.825. The van der Waals surface area contributed by atoms with Crippen molar-refractivity contribution in [3.8, 4) is 0 Å². The number of carbonyl (C=O) groups excluding carboxylic acids is 2. The number of hydrogen-bond donors (Lipinski definition) is 0. The maximum Gasteiger partial charge on any atom is 0.330 e. The molecule has 0 saturated carbocycles. The summed E-state index contributed by atoms with van der Waals surface area (Å²) >= 11 is 11.2. The summed E-state index contributed by atoms with van der Waals surface area (Å²) in [6, 6.07) is 0. The van der Waals surface area contributed by atoms with Crippen LogP contribution in [0.15, 0.2) is 21.7 Å². The van der Waals surface area contributed by atoms with Crippen LogP contribution in [0.2, 0.25) is 0 Å². The first-order valence-electron chi connectivity index (χ1n) is 3.43. The number of allylic oxidation sites excluding steroid dienone is 3. The Kier molecular flexibility index (Phi) is 3.12. The van der Waals surface area contributed by atoms with E-state index in [2.05, 4.69) is 4.74 Å². The Bertz CT molecular complexity index is 328. The molecule has 5 heteroatoms. The number of halogens is 2. The molecule has 0 N–H and O–H groups in total. The van der Waals surface area contributed by atoms with Gasteiger partial charge >= 0.3 is 5.97 Å². The van der Waals surface area contributed by atoms with Crippen molar-refractivity contribution >= 4 is 35.0 Å². The quantitative estimate of drug-likeness (QED) is 0.500. The normalized spacial score (nSPS) is 19.9. The first-order chi connectivity index (χ1) is 6.06. The fraction of sp³-hybridized carbons (Fsp3) is 0.250. The van der Waals surface area contributed by atoms with Crippen molar-refractivity contribution in [3.63, 3.8) is 0 Å². The van der Waals surface area contributed by atoms with Gasteiger partial charge in [0.15, 0.2) is 5.78 Å². The molecular formula is C8H6Cl2O3. The number of rotatable bonds is 1. The molecule has 13 heavy (non-hydrogen) atoms. The molecule has 1 aliphatic carbocycles. The van der Waals surface area contributed by atoms with Gasteiger partial charge in [0.05, 0.1) is 12.1 Å². The average Bonchev–Trinajstić information content (AvgIpc) is 2.34. The highest BCUT2D eigenvalue weighted by Crippen LogP contribution is 2.33. The smallest absolute Gasteiger partial charge is 0.330 e. The molecule has 1 aliphatic rings. The molecule has 0 spiro atoms. The van der Waals surface area contributed by atoms with Gasteiger partial charge in [-0.3, -0.25) is 4.79 Å². The molecule has 0 atom stereocenters. The van der Waals surface area contributed by atoms with Crippen LogP contribution in [0, 0.1) is 0 Å². The second-order valence-electron chi connectivity index (χ2n) is 2.42. The van der Waals surface area contributed by atoms with Crippen LogP contribution in [0.5, 0.6) is 0 Å². The summed E-state index contributed by atoms with van der Waals surface area (Å²) in [6.07, 6.45) is 1.22. The van der Waals surface area contributed by atoms with E-state index >= 15 is 0 Å². The Labute approximate surface area is 85.0 Å². The predicted octanol–water partition coefficient (Wildman–Crippen LogP) is 1.75. The zero-order chi connectivity index (χ0) is 10.0. The number of Topliss-reactive ketones (excluding diaryl/α,β-unsaturated/α-hetero) is 1. The van der Waals surface area contributed by atoms with Crippen molar-refractivity contribution in [2.24, 2.45) is 0 Å². The summed E-state index contributed by atoms with van der Waals surface area (Å²) in [5.41, 5.74) is 0.406. The van der Waals surface area contributed by atoms with E-state index in [1.807, 2.05) is 0 Å². The Hall–Kier alpha value is -0.800. The van der Waals surface area contributed by atoms with Gasteiger partial charge in [-0.15, -0.1) is 0 Å². The van der Waals surface area contributed by atoms with Gasteiger partial charge in [0.25, 0.3) is 0 Å². The Morgan fingerprint density at radius 1 is 1.46 bits per heavy atom. The van der Waals surface area contributed by atoms with E-state index in [-0.39, 0.29) is 22.3 Å². The van der Waals surface area contributed by atoms with Gasteiger partial charge < -0.3 is 4.74 Å². The average molecular weight is 221 g/mol. The van der Waals surface area contributed by atoms with E-state index in [0.717, 1.165) is 6.08 Å². The molecule has 0 aromatic rings. The molecule has 0 unspecified atom stereocenters. The molecule has 0 aromatic carbocycles. The minimum absolute atomic E-state index is 0.0168. The molecule has 0 amide bonds. The van der Waals surface area contributed by atoms with Gasteiger partial charge in [0.1, 0.15) is 5.03 Å². The summed E-state index contributed by atoms with van der Waals surface area (Å²) in [7, 11) is 1.25. The molecule has 1 rings (SSSR count). The number of esters is 1. The van der Waals surface area contributed by atoms with E-state index in [4.69, 9.17) is 23.2 Å². The third-order valence-electron chi connectivity index (χ3n) is 1.56. The van der Waals surface area contributed by atoms with Gasteiger partial charge in [0.2, 0.25) is 0 Å². The number of methoxy groups -OCH3 is 1. The summed E-state index contributed by atoms with van der Waals surface area (Å²) < 4.78 is 4.38. The van der Waals surface area contributed by atoms with Crippen LogP contribution >= 0.6 is 23.2 Å². The lowest BCUT2D eigenvalue weighted by atomic mass is 10.2. The summed E-state index contributed by atoms with van der Waals surface area (Å²) in [6.45, 7) is 0. The molecule has 0 fully saturated rings. The second kappa shape index (κ2) is 3.94. The van der Waals surface area contributed by atoms with Gasteiger partial charge in [-0.2, -0.15) is 0 Å². The SMILES string of the molecule is COC(=O)/C=C1\CC(=O)C(Cl)=C1Cl. The van der Waals surface area contributed by atoms with E-state index in [1.165, 1.54) is 7.11 Å². The third-order valence-corrected chi connectivity index (χ3v) is 2.49. The molecule has 0 heterocycles. The van der Waals surface area contributed by atoms with Crippen molar-refractivity contribution in [2.45, 2.75) is 6.42 Å². The Morgan fingerprint density at radius 3 is 2.46 bits per heavy atom. The van der Waals surface area contributed by atoms with Crippen LogP contribution in [-0.2, 0) is 14.3 Å². The van der Waals surface area contributed by atoms with Crippen LogP contribution in [-0.4, -0.2) is 18.9 Å². The van der Waals surface area contributed by atoms with E-state index in [1.54, 1.807) is 0 Å². The second-order valence-corrected chi connectivity index (χ2v) is 3.18. The maximum absolute atomic E-state index is 11.0. The summed E-state index contributed by atoms with van der Waals surface area (Å²) in [4.78, 5) is 21.8. The van der Waals surface area contributed by atoms with E-state index in [0.29, 0.717) is 5.57 Å². The molecule has 0 saturated heterocycles. The fourth-order valence-electron chi connectivity index (χ4n) is 0.907. The Balaban J connectivity index is 2.94. The highest BCUT2D eigenvalue weighted by molar-refractivity contribution is 6.51. The number of ketones is 1.